The second-order valence-electron chi connectivity index (χ2n) is 2.84. The quantitative estimate of drug-likeness (QED) is 0.444. The summed E-state index contributed by atoms with van der Waals surface area (Å²) in [7, 11) is 1.48. The summed E-state index contributed by atoms with van der Waals surface area (Å²) >= 11 is 0. The molecule has 14 heavy (non-hydrogen) atoms. The summed E-state index contributed by atoms with van der Waals surface area (Å²) in [5, 5.41) is 5.11. The lowest BCUT2D eigenvalue weighted by Crippen LogP contribution is -2.45. The Hall–Kier alpha value is -1.14. The second-order valence-corrected chi connectivity index (χ2v) is 2.84. The van der Waals surface area contributed by atoms with Crippen LogP contribution in [0.15, 0.2) is 0 Å². The van der Waals surface area contributed by atoms with Crippen LogP contribution in [0, 0.1) is 0 Å². The molecule has 0 rings (SSSR count). The Morgan fingerprint density at radius 3 is 2.43 bits per heavy atom. The summed E-state index contributed by atoms with van der Waals surface area (Å²) in [5.74, 6) is -0.405. The van der Waals surface area contributed by atoms with Gasteiger partial charge in [-0.1, -0.05) is 0 Å². The average Bonchev–Trinajstić information content (AvgIpc) is 2.12. The summed E-state index contributed by atoms with van der Waals surface area (Å²) in [6.07, 6.45) is 0. The van der Waals surface area contributed by atoms with Gasteiger partial charge in [0.2, 0.25) is 11.8 Å². The van der Waals surface area contributed by atoms with E-state index in [-0.39, 0.29) is 18.4 Å². The third-order valence-electron chi connectivity index (χ3n) is 1.48. The molecular weight excluding hydrogens is 186 g/mol. The summed E-state index contributed by atoms with van der Waals surface area (Å²) in [6, 6.07) is -0.655. The SMILES string of the molecule is COCC(N)C(=O)NCCNC(C)=O. The number of hydrogen-bond acceptors (Lipinski definition) is 4. The van der Waals surface area contributed by atoms with Crippen molar-refractivity contribution in [3.05, 3.63) is 0 Å². The number of ether oxygens (including phenoxy) is 1. The molecule has 0 aliphatic rings. The predicted molar refractivity (Wildman–Crippen MR) is 51.5 cm³/mol. The number of carbonyl (C=O) groups is 2. The Kier molecular flexibility index (Phi) is 6.69. The fraction of sp³-hybridized carbons (Fsp3) is 0.750. The van der Waals surface area contributed by atoms with Gasteiger partial charge in [-0.25, -0.2) is 0 Å². The largest absolute Gasteiger partial charge is 0.383 e. The van der Waals surface area contributed by atoms with Crippen molar-refractivity contribution in [3.8, 4) is 0 Å². The Balaban J connectivity index is 3.48. The van der Waals surface area contributed by atoms with Crippen molar-refractivity contribution in [2.45, 2.75) is 13.0 Å². The minimum absolute atomic E-state index is 0.125. The van der Waals surface area contributed by atoms with Crippen LogP contribution in [0.1, 0.15) is 6.92 Å². The first kappa shape index (κ1) is 12.9. The molecule has 0 aliphatic heterocycles. The normalized spacial score (nSPS) is 11.9. The highest BCUT2D eigenvalue weighted by atomic mass is 16.5. The zero-order valence-electron chi connectivity index (χ0n) is 8.50. The standard InChI is InChI=1S/C8H17N3O3/c1-6(12)10-3-4-11-8(13)7(9)5-14-2/h7H,3-5,9H2,1-2H3,(H,10,12)(H,11,13). The smallest absolute Gasteiger partial charge is 0.239 e. The van der Waals surface area contributed by atoms with Gasteiger partial charge < -0.3 is 21.1 Å². The van der Waals surface area contributed by atoms with Gasteiger partial charge in [0.15, 0.2) is 0 Å². The topological polar surface area (TPSA) is 93.4 Å². The van der Waals surface area contributed by atoms with Gasteiger partial charge in [-0.2, -0.15) is 0 Å². The first-order valence-corrected chi connectivity index (χ1v) is 4.34. The number of nitrogens with two attached hydrogens (primary N) is 1. The van der Waals surface area contributed by atoms with Gasteiger partial charge in [0.1, 0.15) is 6.04 Å². The molecule has 0 radical (unpaired) electrons. The number of hydrogen-bond donors (Lipinski definition) is 3. The summed E-state index contributed by atoms with van der Waals surface area (Å²) in [5.41, 5.74) is 5.45. The van der Waals surface area contributed by atoms with Crippen LogP contribution in [0.25, 0.3) is 0 Å². The molecule has 0 aromatic carbocycles. The highest BCUT2D eigenvalue weighted by Crippen LogP contribution is 1.79. The van der Waals surface area contributed by atoms with E-state index in [2.05, 4.69) is 10.6 Å². The van der Waals surface area contributed by atoms with Crippen molar-refractivity contribution < 1.29 is 14.3 Å². The van der Waals surface area contributed by atoms with Crippen LogP contribution in [0.4, 0.5) is 0 Å². The molecule has 0 aromatic heterocycles. The fourth-order valence-electron chi connectivity index (χ4n) is 0.811. The van der Waals surface area contributed by atoms with Crippen molar-refractivity contribution in [1.29, 1.82) is 0 Å². The number of rotatable bonds is 6. The van der Waals surface area contributed by atoms with Gasteiger partial charge in [0.25, 0.3) is 0 Å². The molecule has 6 heteroatoms. The van der Waals surface area contributed by atoms with Crippen molar-refractivity contribution >= 4 is 11.8 Å². The van der Waals surface area contributed by atoms with Gasteiger partial charge in [0, 0.05) is 27.1 Å². The summed E-state index contributed by atoms with van der Waals surface area (Å²) < 4.78 is 4.71. The molecule has 0 heterocycles. The molecule has 0 fully saturated rings. The van der Waals surface area contributed by atoms with Crippen LogP contribution in [0.5, 0.6) is 0 Å². The molecule has 0 spiro atoms. The van der Waals surface area contributed by atoms with Crippen molar-refractivity contribution in [2.75, 3.05) is 26.8 Å². The molecule has 4 N–H and O–H groups in total. The molecule has 1 unspecified atom stereocenters. The van der Waals surface area contributed by atoms with Gasteiger partial charge in [-0.05, 0) is 0 Å². The van der Waals surface area contributed by atoms with Crippen LogP contribution in [-0.4, -0.2) is 44.7 Å². The number of nitrogens with one attached hydrogen (secondary N) is 2. The van der Waals surface area contributed by atoms with Crippen LogP contribution in [0.3, 0.4) is 0 Å². The molecule has 0 saturated carbocycles. The molecule has 82 valence electrons. The zero-order valence-corrected chi connectivity index (χ0v) is 8.50. The Labute approximate surface area is 83.2 Å². The van der Waals surface area contributed by atoms with E-state index in [4.69, 9.17) is 10.5 Å². The number of amides is 2. The summed E-state index contributed by atoms with van der Waals surface area (Å²) in [4.78, 5) is 21.6. The van der Waals surface area contributed by atoms with Gasteiger partial charge in [-0.3, -0.25) is 9.59 Å². The maximum Gasteiger partial charge on any atom is 0.239 e. The van der Waals surface area contributed by atoms with Crippen LogP contribution >= 0.6 is 0 Å². The van der Waals surface area contributed by atoms with Gasteiger partial charge in [-0.15, -0.1) is 0 Å². The number of carbonyl (C=O) groups excluding carboxylic acids is 2. The maximum atomic E-state index is 11.1. The van der Waals surface area contributed by atoms with E-state index >= 15 is 0 Å². The van der Waals surface area contributed by atoms with Crippen molar-refractivity contribution in [1.82, 2.24) is 10.6 Å². The van der Waals surface area contributed by atoms with Crippen LogP contribution in [-0.2, 0) is 14.3 Å². The van der Waals surface area contributed by atoms with E-state index in [0.29, 0.717) is 13.1 Å². The second kappa shape index (κ2) is 7.28. The molecule has 0 bridgehead atoms. The van der Waals surface area contributed by atoms with Crippen LogP contribution < -0.4 is 16.4 Å². The molecular formula is C8H17N3O3. The Bertz CT molecular complexity index is 196. The predicted octanol–water partition coefficient (Wildman–Crippen LogP) is -1.79. The highest BCUT2D eigenvalue weighted by molar-refractivity contribution is 5.81. The number of methoxy groups -OCH3 is 1. The Morgan fingerprint density at radius 1 is 1.36 bits per heavy atom. The molecule has 0 aromatic rings. The molecule has 0 saturated heterocycles. The van der Waals surface area contributed by atoms with Crippen molar-refractivity contribution in [3.63, 3.8) is 0 Å². The zero-order chi connectivity index (χ0) is 11.0. The van der Waals surface area contributed by atoms with E-state index < -0.39 is 6.04 Å². The van der Waals surface area contributed by atoms with Crippen molar-refractivity contribution in [2.24, 2.45) is 5.73 Å². The molecule has 6 nitrogen and oxygen atoms in total. The lowest BCUT2D eigenvalue weighted by atomic mass is 10.3. The molecule has 1 atom stereocenters. The molecule has 0 aliphatic carbocycles. The van der Waals surface area contributed by atoms with Crippen LogP contribution in [0.2, 0.25) is 0 Å². The average molecular weight is 203 g/mol. The first-order valence-electron chi connectivity index (χ1n) is 4.34. The minimum Gasteiger partial charge on any atom is -0.383 e. The Morgan fingerprint density at radius 2 is 1.93 bits per heavy atom. The lowest BCUT2D eigenvalue weighted by Gasteiger charge is -2.10. The van der Waals surface area contributed by atoms with E-state index in [1.165, 1.54) is 14.0 Å². The van der Waals surface area contributed by atoms with E-state index in [0.717, 1.165) is 0 Å². The van der Waals surface area contributed by atoms with E-state index in [1.807, 2.05) is 0 Å². The van der Waals surface area contributed by atoms with Gasteiger partial charge in [0.05, 0.1) is 6.61 Å². The third kappa shape index (κ3) is 6.38. The third-order valence-corrected chi connectivity index (χ3v) is 1.48. The summed E-state index contributed by atoms with van der Waals surface area (Å²) in [6.45, 7) is 2.38. The maximum absolute atomic E-state index is 11.1. The fourth-order valence-corrected chi connectivity index (χ4v) is 0.811. The van der Waals surface area contributed by atoms with E-state index in [9.17, 15) is 9.59 Å². The van der Waals surface area contributed by atoms with E-state index in [1.54, 1.807) is 0 Å². The van der Waals surface area contributed by atoms with Gasteiger partial charge >= 0.3 is 0 Å². The molecule has 2 amide bonds. The highest BCUT2D eigenvalue weighted by Gasteiger charge is 2.11. The first-order chi connectivity index (χ1) is 6.57. The minimum atomic E-state index is -0.655. The monoisotopic (exact) mass is 203 g/mol. The lowest BCUT2D eigenvalue weighted by molar-refractivity contribution is -0.124.